The van der Waals surface area contributed by atoms with E-state index in [0.29, 0.717) is 6.07 Å². The van der Waals surface area contributed by atoms with Crippen molar-refractivity contribution in [1.82, 2.24) is 0 Å². The SMILES string of the molecule is Fc1cc2c(oc3c(F)c(F)c(F)c(F)c32)c(F)c1F. The molecule has 1 aromatic heterocycles. The second-order valence-corrected chi connectivity index (χ2v) is 3.93. The highest BCUT2D eigenvalue weighted by molar-refractivity contribution is 6.05. The molecule has 3 aromatic rings. The molecule has 0 spiro atoms. The van der Waals surface area contributed by atoms with E-state index < -0.39 is 62.7 Å². The molecule has 0 radical (unpaired) electrons. The molecule has 2 aromatic carbocycles. The van der Waals surface area contributed by atoms with Crippen molar-refractivity contribution in [3.05, 3.63) is 46.8 Å². The maximum absolute atomic E-state index is 13.6. The first-order valence-electron chi connectivity index (χ1n) is 5.06. The predicted octanol–water partition coefficient (Wildman–Crippen LogP) is 4.56. The Hall–Kier alpha value is -2.25. The minimum atomic E-state index is -2.17. The molecule has 0 aliphatic heterocycles. The summed E-state index contributed by atoms with van der Waals surface area (Å²) < 4.78 is 97.1. The van der Waals surface area contributed by atoms with Crippen LogP contribution in [0.2, 0.25) is 0 Å². The van der Waals surface area contributed by atoms with Crippen LogP contribution in [0.25, 0.3) is 21.9 Å². The van der Waals surface area contributed by atoms with Crippen LogP contribution in [0.1, 0.15) is 0 Å². The molecule has 1 nitrogen and oxygen atoms in total. The van der Waals surface area contributed by atoms with Gasteiger partial charge in [0.05, 0.1) is 5.39 Å². The Labute approximate surface area is 105 Å². The van der Waals surface area contributed by atoms with Gasteiger partial charge in [0, 0.05) is 5.39 Å². The zero-order valence-electron chi connectivity index (χ0n) is 9.13. The topological polar surface area (TPSA) is 13.1 Å². The van der Waals surface area contributed by atoms with E-state index in [1.165, 1.54) is 0 Å². The monoisotopic (exact) mass is 294 g/mol. The third-order valence-electron chi connectivity index (χ3n) is 2.81. The fourth-order valence-electron chi connectivity index (χ4n) is 1.91. The number of halogens is 7. The van der Waals surface area contributed by atoms with Gasteiger partial charge in [0.15, 0.2) is 34.4 Å². The highest BCUT2D eigenvalue weighted by Crippen LogP contribution is 2.37. The van der Waals surface area contributed by atoms with Gasteiger partial charge in [0.25, 0.3) is 0 Å². The molecule has 20 heavy (non-hydrogen) atoms. The Kier molecular flexibility index (Phi) is 2.47. The van der Waals surface area contributed by atoms with Gasteiger partial charge in [0.1, 0.15) is 0 Å². The number of furan rings is 1. The van der Waals surface area contributed by atoms with Crippen molar-refractivity contribution in [1.29, 1.82) is 0 Å². The summed E-state index contributed by atoms with van der Waals surface area (Å²) in [6, 6.07) is 0.305. The summed E-state index contributed by atoms with van der Waals surface area (Å²) in [5.74, 6) is -13.6. The van der Waals surface area contributed by atoms with E-state index in [4.69, 9.17) is 0 Å². The van der Waals surface area contributed by atoms with Gasteiger partial charge in [-0.1, -0.05) is 0 Å². The lowest BCUT2D eigenvalue weighted by Gasteiger charge is -1.99. The minimum Gasteiger partial charge on any atom is -0.450 e. The average molecular weight is 294 g/mol. The van der Waals surface area contributed by atoms with Crippen LogP contribution in [0.5, 0.6) is 0 Å². The Morgan fingerprint density at radius 3 is 1.80 bits per heavy atom. The molecule has 0 aliphatic rings. The van der Waals surface area contributed by atoms with Crippen LogP contribution in [-0.4, -0.2) is 0 Å². The zero-order chi connectivity index (χ0) is 14.8. The number of hydrogen-bond acceptors (Lipinski definition) is 1. The summed E-state index contributed by atoms with van der Waals surface area (Å²) in [6.45, 7) is 0. The number of benzene rings is 2. The molecule has 8 heteroatoms. The van der Waals surface area contributed by atoms with Gasteiger partial charge in [-0.2, -0.15) is 8.78 Å². The van der Waals surface area contributed by atoms with Crippen molar-refractivity contribution in [2.24, 2.45) is 0 Å². The molecule has 104 valence electrons. The molecule has 3 rings (SSSR count). The smallest absolute Gasteiger partial charge is 0.205 e. The average Bonchev–Trinajstić information content (AvgIpc) is 2.80. The fourth-order valence-corrected chi connectivity index (χ4v) is 1.91. The van der Waals surface area contributed by atoms with Crippen molar-refractivity contribution in [2.75, 3.05) is 0 Å². The van der Waals surface area contributed by atoms with Gasteiger partial charge in [0.2, 0.25) is 17.5 Å². The lowest BCUT2D eigenvalue weighted by Crippen LogP contribution is -1.96. The highest BCUT2D eigenvalue weighted by atomic mass is 19.2. The van der Waals surface area contributed by atoms with E-state index in [1.54, 1.807) is 0 Å². The summed E-state index contributed by atoms with van der Waals surface area (Å²) in [4.78, 5) is 0. The Morgan fingerprint density at radius 2 is 1.15 bits per heavy atom. The van der Waals surface area contributed by atoms with E-state index in [9.17, 15) is 30.7 Å². The molecule has 0 bridgehead atoms. The fraction of sp³-hybridized carbons (Fsp3) is 0. The molecule has 0 saturated carbocycles. The van der Waals surface area contributed by atoms with Crippen molar-refractivity contribution >= 4 is 21.9 Å². The summed E-state index contributed by atoms with van der Waals surface area (Å²) in [5.41, 5.74) is -2.21. The van der Waals surface area contributed by atoms with E-state index in [1.807, 2.05) is 0 Å². The van der Waals surface area contributed by atoms with Gasteiger partial charge in [-0.05, 0) is 6.07 Å². The maximum Gasteiger partial charge on any atom is 0.205 e. The van der Waals surface area contributed by atoms with Crippen LogP contribution < -0.4 is 0 Å². The summed E-state index contributed by atoms with van der Waals surface area (Å²) >= 11 is 0. The normalized spacial score (nSPS) is 11.8. The van der Waals surface area contributed by atoms with Crippen LogP contribution in [0.3, 0.4) is 0 Å². The van der Waals surface area contributed by atoms with Crippen molar-refractivity contribution < 1.29 is 35.2 Å². The summed E-state index contributed by atoms with van der Waals surface area (Å²) in [5, 5.41) is -1.75. The van der Waals surface area contributed by atoms with Crippen LogP contribution in [-0.2, 0) is 0 Å². The summed E-state index contributed by atoms with van der Waals surface area (Å²) in [6.07, 6.45) is 0. The lowest BCUT2D eigenvalue weighted by atomic mass is 10.1. The predicted molar refractivity (Wildman–Crippen MR) is 53.4 cm³/mol. The van der Waals surface area contributed by atoms with Crippen molar-refractivity contribution in [3.63, 3.8) is 0 Å². The first kappa shape index (κ1) is 12.8. The molecule has 0 unspecified atom stereocenters. The van der Waals surface area contributed by atoms with Crippen LogP contribution in [0, 0.1) is 40.7 Å². The third kappa shape index (κ3) is 1.38. The molecule has 1 heterocycles. The third-order valence-corrected chi connectivity index (χ3v) is 2.81. The van der Waals surface area contributed by atoms with Crippen LogP contribution in [0.15, 0.2) is 10.5 Å². The number of hydrogen-bond donors (Lipinski definition) is 0. The maximum atomic E-state index is 13.6. The van der Waals surface area contributed by atoms with Gasteiger partial charge >= 0.3 is 0 Å². The molecule has 0 saturated heterocycles. The Balaban J connectivity index is 2.67. The van der Waals surface area contributed by atoms with Crippen LogP contribution >= 0.6 is 0 Å². The highest BCUT2D eigenvalue weighted by Gasteiger charge is 2.28. The molecule has 0 atom stereocenters. The van der Waals surface area contributed by atoms with E-state index in [-0.39, 0.29) is 0 Å². The number of rotatable bonds is 0. The number of fused-ring (bicyclic) bond motifs is 3. The molecular formula is C12HF7O. The lowest BCUT2D eigenvalue weighted by molar-refractivity contribution is 0.410. The molecular weight excluding hydrogens is 293 g/mol. The minimum absolute atomic E-state index is 0.305. The molecule has 0 aliphatic carbocycles. The zero-order valence-corrected chi connectivity index (χ0v) is 9.13. The van der Waals surface area contributed by atoms with Crippen LogP contribution in [0.4, 0.5) is 30.7 Å². The standard InChI is InChI=1S/C12HF7O/c13-3-1-2-4-6(15)7(16)8(17)10(19)12(4)20-11(2)9(18)5(3)14/h1H. The Morgan fingerprint density at radius 1 is 0.600 bits per heavy atom. The first-order chi connectivity index (χ1) is 9.34. The van der Waals surface area contributed by atoms with Gasteiger partial charge in [-0.3, -0.25) is 0 Å². The van der Waals surface area contributed by atoms with Gasteiger partial charge < -0.3 is 4.42 Å². The second-order valence-electron chi connectivity index (χ2n) is 3.93. The molecule has 0 N–H and O–H groups in total. The molecule has 0 amide bonds. The van der Waals surface area contributed by atoms with E-state index in [0.717, 1.165) is 0 Å². The second kappa shape index (κ2) is 3.87. The van der Waals surface area contributed by atoms with Crippen molar-refractivity contribution in [2.45, 2.75) is 0 Å². The summed E-state index contributed by atoms with van der Waals surface area (Å²) in [7, 11) is 0. The first-order valence-corrected chi connectivity index (χ1v) is 5.06. The van der Waals surface area contributed by atoms with Gasteiger partial charge in [-0.15, -0.1) is 0 Å². The largest absolute Gasteiger partial charge is 0.450 e. The van der Waals surface area contributed by atoms with E-state index >= 15 is 0 Å². The molecule has 0 fully saturated rings. The van der Waals surface area contributed by atoms with Gasteiger partial charge in [-0.25, -0.2) is 22.0 Å². The van der Waals surface area contributed by atoms with E-state index in [2.05, 4.69) is 4.42 Å². The Bertz CT molecular complexity index is 881. The quantitative estimate of drug-likeness (QED) is 0.336. The van der Waals surface area contributed by atoms with Crippen molar-refractivity contribution in [3.8, 4) is 0 Å².